The number of aromatic nitrogens is 3. The van der Waals surface area contributed by atoms with Gasteiger partial charge >= 0.3 is 0 Å². The van der Waals surface area contributed by atoms with Gasteiger partial charge in [-0.25, -0.2) is 0 Å². The molecular weight excluding hydrogens is 389 g/mol. The molecule has 144 valence electrons. The molecule has 1 unspecified atom stereocenters. The number of hydrogen-bond donors (Lipinski definition) is 1. The number of nitrogens with one attached hydrogen (secondary N) is 1. The minimum atomic E-state index is -0.503. The summed E-state index contributed by atoms with van der Waals surface area (Å²) < 4.78 is 1.93. The smallest absolute Gasteiger partial charge is 0.256 e. The van der Waals surface area contributed by atoms with E-state index in [1.54, 1.807) is 23.4 Å². The van der Waals surface area contributed by atoms with Crippen molar-refractivity contribution in [2.24, 2.45) is 0 Å². The number of aryl methyl sites for hydroxylation is 1. The second-order valence-corrected chi connectivity index (χ2v) is 7.20. The van der Waals surface area contributed by atoms with E-state index in [0.29, 0.717) is 41.5 Å². The molecule has 1 aromatic heterocycles. The van der Waals surface area contributed by atoms with E-state index in [1.807, 2.05) is 11.5 Å². The molecule has 2 aromatic rings. The van der Waals surface area contributed by atoms with E-state index < -0.39 is 6.04 Å². The van der Waals surface area contributed by atoms with Gasteiger partial charge in [-0.1, -0.05) is 23.2 Å². The topological polar surface area (TPSA) is 80.1 Å². The van der Waals surface area contributed by atoms with Crippen LogP contribution in [0.3, 0.4) is 0 Å². The number of rotatable bonds is 6. The molecule has 2 amide bonds. The van der Waals surface area contributed by atoms with Gasteiger partial charge in [0.25, 0.3) is 5.91 Å². The highest BCUT2D eigenvalue weighted by atomic mass is 35.5. The Morgan fingerprint density at radius 1 is 1.33 bits per heavy atom. The van der Waals surface area contributed by atoms with Crippen LogP contribution < -0.4 is 5.32 Å². The molecule has 1 N–H and O–H groups in total. The van der Waals surface area contributed by atoms with Crippen LogP contribution in [0.4, 0.5) is 0 Å². The highest BCUT2D eigenvalue weighted by Gasteiger charge is 2.35. The molecule has 2 heterocycles. The molecule has 1 atom stereocenters. The van der Waals surface area contributed by atoms with Gasteiger partial charge in [0.15, 0.2) is 0 Å². The minimum Gasteiger partial charge on any atom is -0.354 e. The van der Waals surface area contributed by atoms with Crippen LogP contribution in [0.1, 0.15) is 35.9 Å². The van der Waals surface area contributed by atoms with E-state index in [1.165, 1.54) is 6.07 Å². The van der Waals surface area contributed by atoms with Crippen LogP contribution >= 0.6 is 23.2 Å². The molecule has 0 spiro atoms. The normalized spacial score (nSPS) is 16.6. The summed E-state index contributed by atoms with van der Waals surface area (Å²) in [4.78, 5) is 27.1. The van der Waals surface area contributed by atoms with Gasteiger partial charge in [-0.3, -0.25) is 9.59 Å². The molecule has 1 aliphatic heterocycles. The predicted octanol–water partition coefficient (Wildman–Crippen LogP) is 2.57. The molecule has 3 rings (SSSR count). The van der Waals surface area contributed by atoms with Crippen molar-refractivity contribution >= 4 is 35.0 Å². The fourth-order valence-corrected chi connectivity index (χ4v) is 3.62. The quantitative estimate of drug-likeness (QED) is 0.794. The van der Waals surface area contributed by atoms with Crippen molar-refractivity contribution in [3.8, 4) is 0 Å². The molecule has 27 heavy (non-hydrogen) atoms. The van der Waals surface area contributed by atoms with Crippen molar-refractivity contribution in [2.45, 2.75) is 38.8 Å². The number of benzene rings is 1. The van der Waals surface area contributed by atoms with Crippen LogP contribution in [0.5, 0.6) is 0 Å². The zero-order valence-corrected chi connectivity index (χ0v) is 16.5. The van der Waals surface area contributed by atoms with Crippen LogP contribution in [0, 0.1) is 0 Å². The number of halogens is 2. The van der Waals surface area contributed by atoms with Crippen LogP contribution in [-0.4, -0.2) is 50.6 Å². The Kier molecular flexibility index (Phi) is 6.34. The molecule has 1 fully saturated rings. The number of amides is 2. The summed E-state index contributed by atoms with van der Waals surface area (Å²) in [7, 11) is 0. The molecule has 1 saturated heterocycles. The van der Waals surface area contributed by atoms with Gasteiger partial charge < -0.3 is 14.8 Å². The fourth-order valence-electron chi connectivity index (χ4n) is 3.25. The van der Waals surface area contributed by atoms with Crippen LogP contribution in [0.2, 0.25) is 10.0 Å². The van der Waals surface area contributed by atoms with Gasteiger partial charge in [0.1, 0.15) is 18.2 Å². The molecule has 0 radical (unpaired) electrons. The Bertz CT molecular complexity index is 839. The molecule has 7 nitrogen and oxygen atoms in total. The maximum atomic E-state index is 12.9. The van der Waals surface area contributed by atoms with E-state index in [-0.39, 0.29) is 11.8 Å². The second-order valence-electron chi connectivity index (χ2n) is 6.35. The predicted molar refractivity (Wildman–Crippen MR) is 103 cm³/mol. The number of likely N-dealkylation sites (tertiary alicyclic amines) is 1. The third-order valence-corrected chi connectivity index (χ3v) is 5.22. The highest BCUT2D eigenvalue weighted by molar-refractivity contribution is 6.35. The lowest BCUT2D eigenvalue weighted by molar-refractivity contribution is -0.124. The first-order chi connectivity index (χ1) is 13.0. The standard InChI is InChI=1S/C18H21Cl2N5O2/c1-2-24-11-22-23-16(24)7-8-21-17(26)15-4-3-9-25(15)18(27)13-10-12(19)5-6-14(13)20/h5-6,10-11,15H,2-4,7-9H2,1H3,(H,21,26). The second kappa shape index (κ2) is 8.71. The van der Waals surface area contributed by atoms with Crippen molar-refractivity contribution in [3.63, 3.8) is 0 Å². The Hall–Kier alpha value is -2.12. The molecule has 1 aromatic carbocycles. The summed E-state index contributed by atoms with van der Waals surface area (Å²) >= 11 is 12.1. The molecule has 0 bridgehead atoms. The van der Waals surface area contributed by atoms with E-state index in [9.17, 15) is 9.59 Å². The lowest BCUT2D eigenvalue weighted by Gasteiger charge is -2.24. The van der Waals surface area contributed by atoms with Gasteiger partial charge in [-0.2, -0.15) is 0 Å². The Labute approximate surface area is 167 Å². The number of carbonyl (C=O) groups is 2. The molecule has 9 heteroatoms. The molecule has 0 aliphatic carbocycles. The lowest BCUT2D eigenvalue weighted by atomic mass is 10.1. The lowest BCUT2D eigenvalue weighted by Crippen LogP contribution is -2.46. The van der Waals surface area contributed by atoms with Gasteiger partial charge in [0.2, 0.25) is 5.91 Å². The fraction of sp³-hybridized carbons (Fsp3) is 0.444. The van der Waals surface area contributed by atoms with E-state index in [2.05, 4.69) is 15.5 Å². The summed E-state index contributed by atoms with van der Waals surface area (Å²) in [6.07, 6.45) is 3.65. The Balaban J connectivity index is 1.62. The first-order valence-corrected chi connectivity index (χ1v) is 9.67. The average Bonchev–Trinajstić information content (AvgIpc) is 3.32. The van der Waals surface area contributed by atoms with E-state index >= 15 is 0 Å². The van der Waals surface area contributed by atoms with Crippen LogP contribution in [-0.2, 0) is 17.8 Å². The summed E-state index contributed by atoms with van der Waals surface area (Å²) in [5, 5.41) is 11.6. The molecule has 1 aliphatic rings. The third kappa shape index (κ3) is 4.42. The van der Waals surface area contributed by atoms with E-state index in [0.717, 1.165) is 18.8 Å². The van der Waals surface area contributed by atoms with Crippen LogP contribution in [0.25, 0.3) is 0 Å². The highest BCUT2D eigenvalue weighted by Crippen LogP contribution is 2.26. The van der Waals surface area contributed by atoms with Crippen molar-refractivity contribution in [3.05, 3.63) is 46.0 Å². The van der Waals surface area contributed by atoms with Crippen molar-refractivity contribution in [1.29, 1.82) is 0 Å². The van der Waals surface area contributed by atoms with Crippen LogP contribution in [0.15, 0.2) is 24.5 Å². The Morgan fingerprint density at radius 3 is 2.93 bits per heavy atom. The summed E-state index contributed by atoms with van der Waals surface area (Å²) in [6, 6.07) is 4.25. The number of hydrogen-bond acceptors (Lipinski definition) is 4. The number of nitrogens with zero attached hydrogens (tertiary/aromatic N) is 4. The maximum absolute atomic E-state index is 12.9. The minimum absolute atomic E-state index is 0.165. The van der Waals surface area contributed by atoms with Crippen molar-refractivity contribution < 1.29 is 9.59 Å². The molecular formula is C18H21Cl2N5O2. The van der Waals surface area contributed by atoms with Crippen molar-refractivity contribution in [2.75, 3.05) is 13.1 Å². The molecule has 0 saturated carbocycles. The first-order valence-electron chi connectivity index (χ1n) is 8.91. The monoisotopic (exact) mass is 409 g/mol. The Morgan fingerprint density at radius 2 is 2.15 bits per heavy atom. The van der Waals surface area contributed by atoms with Gasteiger partial charge in [0, 0.05) is 31.1 Å². The van der Waals surface area contributed by atoms with Gasteiger partial charge in [0.05, 0.1) is 10.6 Å². The van der Waals surface area contributed by atoms with Gasteiger partial charge in [-0.15, -0.1) is 10.2 Å². The van der Waals surface area contributed by atoms with Crippen molar-refractivity contribution in [1.82, 2.24) is 25.0 Å². The van der Waals surface area contributed by atoms with E-state index in [4.69, 9.17) is 23.2 Å². The summed E-state index contributed by atoms with van der Waals surface area (Å²) in [6.45, 7) is 3.74. The average molecular weight is 410 g/mol. The largest absolute Gasteiger partial charge is 0.354 e. The SMILES string of the molecule is CCn1cnnc1CCNC(=O)C1CCCN1C(=O)c1cc(Cl)ccc1Cl. The summed E-state index contributed by atoms with van der Waals surface area (Å²) in [5.41, 5.74) is 0.319. The zero-order chi connectivity index (χ0) is 19.4. The first kappa shape index (κ1) is 19.6. The number of carbonyl (C=O) groups excluding carboxylic acids is 2. The maximum Gasteiger partial charge on any atom is 0.256 e. The third-order valence-electron chi connectivity index (χ3n) is 4.66. The summed E-state index contributed by atoms with van der Waals surface area (Å²) in [5.74, 6) is 0.385. The zero-order valence-electron chi connectivity index (χ0n) is 15.0. The van der Waals surface area contributed by atoms with Gasteiger partial charge in [-0.05, 0) is 38.0 Å².